The van der Waals surface area contributed by atoms with Gasteiger partial charge in [-0.2, -0.15) is 0 Å². The first-order chi connectivity index (χ1) is 8.15. The maximum Gasteiger partial charge on any atom is 0.0153 e. The Morgan fingerprint density at radius 1 is 1.06 bits per heavy atom. The summed E-state index contributed by atoms with van der Waals surface area (Å²) in [5.74, 6) is 2.05. The predicted octanol–water partition coefficient (Wildman–Crippen LogP) is 2.69. The van der Waals surface area contributed by atoms with Gasteiger partial charge in [0, 0.05) is 17.6 Å². The molecule has 0 spiro atoms. The number of rotatable bonds is 0. The molecule has 2 heteroatoms. The van der Waals surface area contributed by atoms with Crippen molar-refractivity contribution in [1.82, 2.24) is 10.6 Å². The number of hydrogen-bond acceptors (Lipinski definition) is 2. The maximum atomic E-state index is 3.59. The van der Waals surface area contributed by atoms with Gasteiger partial charge in [0.15, 0.2) is 0 Å². The average Bonchev–Trinajstić information content (AvgIpc) is 2.92. The van der Waals surface area contributed by atoms with Gasteiger partial charge >= 0.3 is 0 Å². The molecule has 17 heavy (non-hydrogen) atoms. The molecule has 5 fully saturated rings. The summed E-state index contributed by atoms with van der Waals surface area (Å²) >= 11 is 0. The van der Waals surface area contributed by atoms with Crippen LogP contribution in [0.4, 0.5) is 0 Å². The van der Waals surface area contributed by atoms with Crippen molar-refractivity contribution >= 4 is 0 Å². The van der Waals surface area contributed by atoms with Crippen LogP contribution in [0.25, 0.3) is 0 Å². The van der Waals surface area contributed by atoms with Crippen LogP contribution in [0, 0.1) is 11.8 Å². The monoisotopic (exact) mass is 236 g/mol. The van der Waals surface area contributed by atoms with E-state index in [4.69, 9.17) is 0 Å². The van der Waals surface area contributed by atoms with Crippen LogP contribution in [0.5, 0.6) is 0 Å². The Bertz CT molecular complexity index is 252. The summed E-state index contributed by atoms with van der Waals surface area (Å²) in [6, 6.07) is 1.73. The number of hydrogen-bond donors (Lipinski definition) is 2. The number of fused-ring (bicyclic) bond motifs is 5. The minimum Gasteiger partial charge on any atom is -0.311 e. The molecule has 2 nitrogen and oxygen atoms in total. The van der Waals surface area contributed by atoms with Crippen LogP contribution in [0.15, 0.2) is 0 Å². The van der Waals surface area contributed by atoms with Crippen LogP contribution in [0.2, 0.25) is 0 Å². The largest absolute Gasteiger partial charge is 0.311 e. The fourth-order valence-corrected chi connectivity index (χ4v) is 4.22. The molecule has 3 atom stereocenters. The minimum atomic E-state index is 0.536. The van der Waals surface area contributed by atoms with Crippen molar-refractivity contribution < 1.29 is 0 Å². The van der Waals surface area contributed by atoms with Crippen LogP contribution < -0.4 is 10.6 Å². The molecule has 0 amide bonds. The van der Waals surface area contributed by atoms with E-state index in [1.54, 1.807) is 0 Å². The molecule has 0 aromatic rings. The fourth-order valence-electron chi connectivity index (χ4n) is 4.22. The van der Waals surface area contributed by atoms with E-state index < -0.39 is 0 Å². The highest BCUT2D eigenvalue weighted by Crippen LogP contribution is 2.36. The third-order valence-electron chi connectivity index (χ3n) is 5.71. The van der Waals surface area contributed by atoms with Gasteiger partial charge < -0.3 is 10.6 Å². The van der Waals surface area contributed by atoms with E-state index in [-0.39, 0.29) is 0 Å². The Kier molecular flexibility index (Phi) is 3.20. The average molecular weight is 236 g/mol. The van der Waals surface area contributed by atoms with Crippen LogP contribution in [-0.2, 0) is 0 Å². The molecular formula is C15H28N2. The Balaban J connectivity index is 0.000000107. The van der Waals surface area contributed by atoms with Gasteiger partial charge in [-0.3, -0.25) is 0 Å². The summed E-state index contributed by atoms with van der Waals surface area (Å²) in [5.41, 5.74) is 0.536. The van der Waals surface area contributed by atoms with Crippen molar-refractivity contribution in [1.29, 1.82) is 0 Å². The predicted molar refractivity (Wildman–Crippen MR) is 72.1 cm³/mol. The van der Waals surface area contributed by atoms with Crippen molar-refractivity contribution in [2.45, 2.75) is 76.4 Å². The van der Waals surface area contributed by atoms with E-state index in [0.717, 1.165) is 23.9 Å². The lowest BCUT2D eigenvalue weighted by molar-refractivity contribution is 0.134. The zero-order chi connectivity index (χ0) is 11.9. The van der Waals surface area contributed by atoms with Gasteiger partial charge in [0.25, 0.3) is 0 Å². The molecule has 0 radical (unpaired) electrons. The molecule has 2 aliphatic carbocycles. The van der Waals surface area contributed by atoms with Gasteiger partial charge in [0.2, 0.25) is 0 Å². The van der Waals surface area contributed by atoms with Crippen molar-refractivity contribution in [3.63, 3.8) is 0 Å². The summed E-state index contributed by atoms with van der Waals surface area (Å²) < 4.78 is 0. The molecule has 5 aliphatic rings. The zero-order valence-corrected chi connectivity index (χ0v) is 11.5. The van der Waals surface area contributed by atoms with Crippen molar-refractivity contribution in [2.75, 3.05) is 6.54 Å². The fraction of sp³-hybridized carbons (Fsp3) is 1.00. The highest BCUT2D eigenvalue weighted by molar-refractivity contribution is 4.95. The first-order valence-corrected chi connectivity index (χ1v) is 7.66. The molecule has 4 bridgehead atoms. The van der Waals surface area contributed by atoms with E-state index >= 15 is 0 Å². The molecular weight excluding hydrogens is 208 g/mol. The second kappa shape index (κ2) is 4.55. The van der Waals surface area contributed by atoms with Crippen molar-refractivity contribution in [2.24, 2.45) is 11.8 Å². The molecule has 5 rings (SSSR count). The van der Waals surface area contributed by atoms with Crippen LogP contribution in [0.3, 0.4) is 0 Å². The lowest BCUT2D eigenvalue weighted by atomic mass is 9.73. The lowest BCUT2D eigenvalue weighted by Crippen LogP contribution is -2.53. The SMILES string of the molecule is CC12CCC(CC1)CN2.C[C@H]1N[C@@H]2CC[C@H]1C2. The lowest BCUT2D eigenvalue weighted by Gasteiger charge is -2.45. The topological polar surface area (TPSA) is 24.1 Å². The van der Waals surface area contributed by atoms with Gasteiger partial charge in [-0.1, -0.05) is 0 Å². The van der Waals surface area contributed by atoms with Gasteiger partial charge in [-0.05, 0) is 77.2 Å². The Labute approximate surface area is 106 Å². The number of piperidine rings is 3. The second-order valence-corrected chi connectivity index (χ2v) is 7.11. The minimum absolute atomic E-state index is 0.536. The standard InChI is InChI=1S/C8H15N.C7H13N/c1-8-4-2-7(3-5-8)6-9-8;1-5-6-2-3-7(4-6)8-5/h7,9H,2-6H2,1H3;5-8H,2-4H2,1H3/t;5-,6+,7-/m.1/s1. The van der Waals surface area contributed by atoms with Crippen LogP contribution in [0.1, 0.15) is 58.8 Å². The van der Waals surface area contributed by atoms with Crippen LogP contribution >= 0.6 is 0 Å². The summed E-state index contributed by atoms with van der Waals surface area (Å²) in [4.78, 5) is 0. The van der Waals surface area contributed by atoms with Gasteiger partial charge in [-0.25, -0.2) is 0 Å². The molecule has 98 valence electrons. The molecule has 3 saturated heterocycles. The molecule has 2 saturated carbocycles. The third-order valence-corrected chi connectivity index (χ3v) is 5.71. The molecule has 0 aromatic heterocycles. The first kappa shape index (κ1) is 12.0. The summed E-state index contributed by atoms with van der Waals surface area (Å²) in [7, 11) is 0. The Morgan fingerprint density at radius 3 is 2.06 bits per heavy atom. The molecule has 3 aliphatic heterocycles. The second-order valence-electron chi connectivity index (χ2n) is 7.11. The first-order valence-electron chi connectivity index (χ1n) is 7.66. The van der Waals surface area contributed by atoms with E-state index in [2.05, 4.69) is 24.5 Å². The van der Waals surface area contributed by atoms with E-state index in [1.807, 2.05) is 0 Å². The van der Waals surface area contributed by atoms with E-state index in [1.165, 1.54) is 51.5 Å². The quantitative estimate of drug-likeness (QED) is 0.676. The Morgan fingerprint density at radius 2 is 1.82 bits per heavy atom. The summed E-state index contributed by atoms with van der Waals surface area (Å²) in [5, 5.41) is 7.15. The highest BCUT2D eigenvalue weighted by atomic mass is 15.0. The van der Waals surface area contributed by atoms with Gasteiger partial charge in [-0.15, -0.1) is 0 Å². The summed E-state index contributed by atoms with van der Waals surface area (Å²) in [6.45, 7) is 5.96. The van der Waals surface area contributed by atoms with Gasteiger partial charge in [0.1, 0.15) is 0 Å². The Hall–Kier alpha value is -0.0800. The van der Waals surface area contributed by atoms with Crippen molar-refractivity contribution in [3.05, 3.63) is 0 Å². The highest BCUT2D eigenvalue weighted by Gasteiger charge is 2.36. The zero-order valence-electron chi connectivity index (χ0n) is 11.5. The van der Waals surface area contributed by atoms with E-state index in [0.29, 0.717) is 5.54 Å². The normalized spacial score (nSPS) is 51.2. The maximum absolute atomic E-state index is 3.59. The molecule has 0 aromatic carbocycles. The molecule has 3 heterocycles. The third kappa shape index (κ3) is 2.53. The van der Waals surface area contributed by atoms with Crippen molar-refractivity contribution in [3.8, 4) is 0 Å². The smallest absolute Gasteiger partial charge is 0.0153 e. The summed E-state index contributed by atoms with van der Waals surface area (Å²) in [6.07, 6.45) is 10.2. The van der Waals surface area contributed by atoms with Crippen LogP contribution in [-0.4, -0.2) is 24.2 Å². The molecule has 0 unspecified atom stereocenters. The van der Waals surface area contributed by atoms with E-state index in [9.17, 15) is 0 Å². The number of nitrogens with one attached hydrogen (secondary N) is 2. The molecule has 2 N–H and O–H groups in total. The van der Waals surface area contributed by atoms with Gasteiger partial charge in [0.05, 0.1) is 0 Å².